The first-order chi connectivity index (χ1) is 10.6. The lowest BCUT2D eigenvalue weighted by atomic mass is 9.58. The van der Waals surface area contributed by atoms with E-state index < -0.39 is 0 Å². The van der Waals surface area contributed by atoms with Crippen LogP contribution in [-0.2, 0) is 0 Å². The van der Waals surface area contributed by atoms with Crippen molar-refractivity contribution in [3.05, 3.63) is 47.9 Å². The summed E-state index contributed by atoms with van der Waals surface area (Å²) in [6.07, 6.45) is 6.78. The molecule has 0 bridgehead atoms. The maximum atomic E-state index is 6.15. The van der Waals surface area contributed by atoms with E-state index in [-0.39, 0.29) is 6.85 Å². The zero-order valence-corrected chi connectivity index (χ0v) is 13.4. The summed E-state index contributed by atoms with van der Waals surface area (Å²) in [6.45, 7) is 6.75. The molecule has 0 N–H and O–H groups in total. The molecule has 22 heavy (non-hydrogen) atoms. The van der Waals surface area contributed by atoms with Gasteiger partial charge in [0.25, 0.3) is 0 Å². The Balaban J connectivity index is 1.82. The first-order valence-corrected chi connectivity index (χ1v) is 7.75. The zero-order valence-electron chi connectivity index (χ0n) is 13.4. The molecule has 4 nitrogen and oxygen atoms in total. The highest BCUT2D eigenvalue weighted by Crippen LogP contribution is 2.30. The molecule has 0 saturated carbocycles. The molecule has 1 aromatic carbocycles. The van der Waals surface area contributed by atoms with Crippen LogP contribution < -0.4 is 5.66 Å². The van der Waals surface area contributed by atoms with Crippen LogP contribution in [0.5, 0.6) is 0 Å². The Labute approximate surface area is 131 Å². The van der Waals surface area contributed by atoms with Crippen molar-refractivity contribution < 1.29 is 4.42 Å². The molecule has 0 amide bonds. The SMILES string of the molecule is CB1c2oc3ccccc3c2C=C(C)N1N1C=CN(C)[C@@H]1C. The number of fused-ring (bicyclic) bond motifs is 3. The molecule has 0 aliphatic carbocycles. The number of allylic oxidation sites excluding steroid dienone is 1. The molecule has 1 aromatic heterocycles. The van der Waals surface area contributed by atoms with Crippen LogP contribution >= 0.6 is 0 Å². The molecule has 5 heteroatoms. The van der Waals surface area contributed by atoms with Gasteiger partial charge in [-0.15, -0.1) is 0 Å². The van der Waals surface area contributed by atoms with Crippen LogP contribution in [0, 0.1) is 0 Å². The first-order valence-electron chi connectivity index (χ1n) is 7.75. The third kappa shape index (κ3) is 1.71. The van der Waals surface area contributed by atoms with Gasteiger partial charge in [-0.05, 0) is 26.0 Å². The van der Waals surface area contributed by atoms with Crippen LogP contribution in [0.2, 0.25) is 6.82 Å². The van der Waals surface area contributed by atoms with Crippen LogP contribution in [0.4, 0.5) is 0 Å². The lowest BCUT2D eigenvalue weighted by molar-refractivity contribution is 0.0631. The molecule has 0 fully saturated rings. The van der Waals surface area contributed by atoms with Gasteiger partial charge in [0.1, 0.15) is 17.4 Å². The maximum Gasteiger partial charge on any atom is 0.353 e. The van der Waals surface area contributed by atoms with Crippen molar-refractivity contribution in [2.24, 2.45) is 0 Å². The van der Waals surface area contributed by atoms with E-state index in [1.807, 2.05) is 12.1 Å². The fourth-order valence-electron chi connectivity index (χ4n) is 3.48. The molecule has 3 heterocycles. The Kier molecular flexibility index (Phi) is 2.80. The van der Waals surface area contributed by atoms with Crippen molar-refractivity contribution in [1.82, 2.24) is 14.8 Å². The molecule has 0 saturated heterocycles. The average molecular weight is 293 g/mol. The highest BCUT2D eigenvalue weighted by atomic mass is 16.3. The smallest absolute Gasteiger partial charge is 0.353 e. The monoisotopic (exact) mass is 293 g/mol. The van der Waals surface area contributed by atoms with Crippen LogP contribution in [-0.4, -0.2) is 34.9 Å². The number of hydrogen-bond acceptors (Lipinski definition) is 4. The number of hydrogen-bond donors (Lipinski definition) is 0. The Morgan fingerprint density at radius 2 is 1.95 bits per heavy atom. The normalized spacial score (nSPS) is 20.9. The summed E-state index contributed by atoms with van der Waals surface area (Å²) in [5.74, 6) is 0. The van der Waals surface area contributed by atoms with Crippen LogP contribution in [0.1, 0.15) is 19.4 Å². The molecule has 0 spiro atoms. The zero-order chi connectivity index (χ0) is 15.4. The fourth-order valence-corrected chi connectivity index (χ4v) is 3.48. The van der Waals surface area contributed by atoms with Gasteiger partial charge in [-0.3, -0.25) is 5.01 Å². The molecule has 4 rings (SSSR count). The van der Waals surface area contributed by atoms with Gasteiger partial charge in [-0.25, -0.2) is 0 Å². The summed E-state index contributed by atoms with van der Waals surface area (Å²) in [4.78, 5) is 4.52. The second-order valence-corrected chi connectivity index (χ2v) is 6.16. The van der Waals surface area contributed by atoms with E-state index >= 15 is 0 Å². The third-order valence-electron chi connectivity index (χ3n) is 4.80. The van der Waals surface area contributed by atoms with Crippen LogP contribution in [0.15, 0.2) is 46.8 Å². The van der Waals surface area contributed by atoms with E-state index in [1.165, 1.54) is 16.6 Å². The van der Waals surface area contributed by atoms with Gasteiger partial charge >= 0.3 is 6.85 Å². The Hall–Kier alpha value is -2.30. The molecule has 2 aliphatic heterocycles. The van der Waals surface area contributed by atoms with Gasteiger partial charge in [-0.1, -0.05) is 25.0 Å². The van der Waals surface area contributed by atoms with Gasteiger partial charge in [0.15, 0.2) is 0 Å². The van der Waals surface area contributed by atoms with Crippen molar-refractivity contribution in [2.75, 3.05) is 7.05 Å². The van der Waals surface area contributed by atoms with Gasteiger partial charge in [-0.2, -0.15) is 0 Å². The fraction of sp³-hybridized carbons (Fsp3) is 0.294. The van der Waals surface area contributed by atoms with Crippen molar-refractivity contribution >= 4 is 29.6 Å². The Morgan fingerprint density at radius 3 is 2.68 bits per heavy atom. The number of benzene rings is 1. The Bertz CT molecular complexity index is 794. The molecular formula is C17H20BN3O. The molecule has 2 aliphatic rings. The molecule has 0 radical (unpaired) electrons. The predicted octanol–water partition coefficient (Wildman–Crippen LogP) is 2.92. The number of hydrazine groups is 1. The van der Waals surface area contributed by atoms with E-state index in [1.54, 1.807) is 0 Å². The van der Waals surface area contributed by atoms with Gasteiger partial charge in [0.2, 0.25) is 0 Å². The summed E-state index contributed by atoms with van der Waals surface area (Å²) in [5, 5.41) is 3.47. The van der Waals surface area contributed by atoms with Gasteiger partial charge in [0, 0.05) is 36.1 Å². The summed E-state index contributed by atoms with van der Waals surface area (Å²) in [6, 6.07) is 8.27. The number of nitrogens with zero attached hydrogens (tertiary/aromatic N) is 3. The molecule has 2 aromatic rings. The maximum absolute atomic E-state index is 6.15. The first kappa shape index (κ1) is 13.4. The van der Waals surface area contributed by atoms with E-state index in [2.05, 4.69) is 73.2 Å². The second kappa shape index (κ2) is 4.60. The number of para-hydroxylation sites is 1. The van der Waals surface area contributed by atoms with Crippen molar-refractivity contribution in [3.63, 3.8) is 0 Å². The van der Waals surface area contributed by atoms with E-state index in [0.717, 1.165) is 11.2 Å². The summed E-state index contributed by atoms with van der Waals surface area (Å²) >= 11 is 0. The molecule has 0 unspecified atom stereocenters. The number of furan rings is 1. The van der Waals surface area contributed by atoms with Crippen LogP contribution in [0.25, 0.3) is 17.0 Å². The quantitative estimate of drug-likeness (QED) is 0.754. The topological polar surface area (TPSA) is 22.9 Å². The third-order valence-corrected chi connectivity index (χ3v) is 4.80. The van der Waals surface area contributed by atoms with Crippen LogP contribution in [0.3, 0.4) is 0 Å². The minimum absolute atomic E-state index is 0.172. The molecule has 112 valence electrons. The summed E-state index contributed by atoms with van der Waals surface area (Å²) in [7, 11) is 2.10. The highest BCUT2D eigenvalue weighted by Gasteiger charge is 2.37. The summed E-state index contributed by atoms with van der Waals surface area (Å²) in [5.41, 5.74) is 4.47. The van der Waals surface area contributed by atoms with E-state index in [9.17, 15) is 0 Å². The van der Waals surface area contributed by atoms with Gasteiger partial charge in [0.05, 0.1) is 0 Å². The van der Waals surface area contributed by atoms with Crippen molar-refractivity contribution in [3.8, 4) is 0 Å². The number of rotatable bonds is 1. The molecular weight excluding hydrogens is 273 g/mol. The van der Waals surface area contributed by atoms with Crippen molar-refractivity contribution in [2.45, 2.75) is 26.8 Å². The second-order valence-electron chi connectivity index (χ2n) is 6.16. The Morgan fingerprint density at radius 1 is 1.18 bits per heavy atom. The minimum atomic E-state index is 0.172. The standard InChI is InChI=1S/C17H20BN3O/c1-12-11-15-14-7-5-6-8-16(14)22-17(15)18(3)21(12)20-10-9-19(4)13(20)2/h5-11,13H,1-4H3/t13-/m0/s1. The lowest BCUT2D eigenvalue weighted by Crippen LogP contribution is -2.57. The lowest BCUT2D eigenvalue weighted by Gasteiger charge is -2.43. The average Bonchev–Trinajstić information content (AvgIpc) is 3.03. The largest absolute Gasteiger partial charge is 0.468 e. The van der Waals surface area contributed by atoms with Gasteiger partial charge < -0.3 is 14.2 Å². The van der Waals surface area contributed by atoms with E-state index in [4.69, 9.17) is 4.42 Å². The predicted molar refractivity (Wildman–Crippen MR) is 91.2 cm³/mol. The highest BCUT2D eigenvalue weighted by molar-refractivity contribution is 6.70. The van der Waals surface area contributed by atoms with E-state index in [0.29, 0.717) is 6.17 Å². The minimum Gasteiger partial charge on any atom is -0.468 e. The van der Waals surface area contributed by atoms with Crippen molar-refractivity contribution in [1.29, 1.82) is 0 Å². The molecule has 1 atom stereocenters. The summed E-state index contributed by atoms with van der Waals surface area (Å²) < 4.78 is 6.15.